The average Bonchev–Trinajstić information content (AvgIpc) is 3.57. The summed E-state index contributed by atoms with van der Waals surface area (Å²) < 4.78 is 2.08. The monoisotopic (exact) mass is 532 g/mol. The molecule has 1 saturated heterocycles. The molecule has 0 unspecified atom stereocenters. The number of carbonyl (C=O) groups excluding carboxylic acids is 1. The number of fused-ring (bicyclic) bond motifs is 1. The van der Waals surface area contributed by atoms with Crippen molar-refractivity contribution in [1.82, 2.24) is 24.8 Å². The minimum Gasteiger partial charge on any atom is -0.352 e. The maximum atomic E-state index is 13.2. The van der Waals surface area contributed by atoms with Gasteiger partial charge < -0.3 is 20.1 Å². The Labute approximate surface area is 232 Å². The predicted octanol–water partition coefficient (Wildman–Crippen LogP) is 5.73. The molecule has 0 radical (unpaired) electrons. The normalized spacial score (nSPS) is 16.8. The molecule has 1 aliphatic rings. The van der Waals surface area contributed by atoms with E-state index in [9.17, 15) is 4.79 Å². The number of hydrogen-bond donors (Lipinski definition) is 2. The molecule has 1 amide bonds. The topological polar surface area (TPSA) is 75.1 Å². The van der Waals surface area contributed by atoms with Gasteiger partial charge in [0.1, 0.15) is 5.82 Å². The van der Waals surface area contributed by atoms with Crippen LogP contribution in [0.1, 0.15) is 35.5 Å². The van der Waals surface area contributed by atoms with Crippen molar-refractivity contribution in [3.8, 4) is 5.82 Å². The summed E-state index contributed by atoms with van der Waals surface area (Å²) in [6.07, 6.45) is 5.94. The highest BCUT2D eigenvalue weighted by Crippen LogP contribution is 2.39. The summed E-state index contributed by atoms with van der Waals surface area (Å²) in [7, 11) is 0. The molecule has 0 bridgehead atoms. The number of aromatic nitrogens is 3. The third-order valence-corrected chi connectivity index (χ3v) is 7.42. The number of nitrogens with one attached hydrogen (secondary N) is 2. The van der Waals surface area contributed by atoms with E-state index >= 15 is 0 Å². The molecule has 0 aliphatic carbocycles. The predicted molar refractivity (Wildman–Crippen MR) is 158 cm³/mol. The Morgan fingerprint density at radius 3 is 2.64 bits per heavy atom. The number of carbonyl (C=O) groups is 1. The molecule has 7 nitrogen and oxygen atoms in total. The van der Waals surface area contributed by atoms with E-state index in [1.165, 1.54) is 0 Å². The van der Waals surface area contributed by atoms with E-state index < -0.39 is 0 Å². The SMILES string of the molecule is Cc1ccc(-n2cccc2[C@H]2[C@@H](c3ccccn3)NC(=S)N2CCC(=O)Nc2cccc3ccccc23)nc1. The largest absolute Gasteiger partial charge is 0.352 e. The van der Waals surface area contributed by atoms with Crippen LogP contribution in [-0.4, -0.2) is 37.0 Å². The van der Waals surface area contributed by atoms with Gasteiger partial charge in [-0.3, -0.25) is 9.78 Å². The Hall–Kier alpha value is -4.56. The van der Waals surface area contributed by atoms with Crippen LogP contribution in [0.15, 0.2) is 104 Å². The van der Waals surface area contributed by atoms with Crippen LogP contribution in [0.5, 0.6) is 0 Å². The van der Waals surface area contributed by atoms with Gasteiger partial charge in [-0.25, -0.2) is 4.98 Å². The molecule has 5 aromatic rings. The molecule has 3 aromatic heterocycles. The highest BCUT2D eigenvalue weighted by Gasteiger charge is 2.41. The lowest BCUT2D eigenvalue weighted by molar-refractivity contribution is -0.116. The van der Waals surface area contributed by atoms with Crippen LogP contribution in [0.2, 0.25) is 0 Å². The van der Waals surface area contributed by atoms with Gasteiger partial charge in [0, 0.05) is 48.3 Å². The van der Waals surface area contributed by atoms with E-state index in [0.29, 0.717) is 11.7 Å². The quantitative estimate of drug-likeness (QED) is 0.261. The van der Waals surface area contributed by atoms with Gasteiger partial charge in [0.05, 0.1) is 17.8 Å². The average molecular weight is 533 g/mol. The van der Waals surface area contributed by atoms with Crippen molar-refractivity contribution in [2.45, 2.75) is 25.4 Å². The van der Waals surface area contributed by atoms with Gasteiger partial charge in [-0.1, -0.05) is 48.5 Å². The number of thiocarbonyl (C=S) groups is 1. The van der Waals surface area contributed by atoms with E-state index in [4.69, 9.17) is 12.2 Å². The van der Waals surface area contributed by atoms with Crippen LogP contribution in [0.25, 0.3) is 16.6 Å². The zero-order chi connectivity index (χ0) is 26.8. The third-order valence-electron chi connectivity index (χ3n) is 7.07. The highest BCUT2D eigenvalue weighted by atomic mass is 32.1. The number of pyridine rings is 2. The molecule has 39 heavy (non-hydrogen) atoms. The Morgan fingerprint density at radius 1 is 0.974 bits per heavy atom. The molecule has 2 atom stereocenters. The van der Waals surface area contributed by atoms with Crippen LogP contribution < -0.4 is 10.6 Å². The maximum absolute atomic E-state index is 13.2. The van der Waals surface area contributed by atoms with E-state index in [2.05, 4.69) is 42.2 Å². The smallest absolute Gasteiger partial charge is 0.226 e. The molecule has 194 valence electrons. The Balaban J connectivity index is 1.29. The second kappa shape index (κ2) is 10.7. The second-order valence-electron chi connectivity index (χ2n) is 9.64. The van der Waals surface area contributed by atoms with Gasteiger partial charge in [-0.15, -0.1) is 0 Å². The van der Waals surface area contributed by atoms with Gasteiger partial charge >= 0.3 is 0 Å². The number of nitrogens with zero attached hydrogens (tertiary/aromatic N) is 4. The van der Waals surface area contributed by atoms with Crippen LogP contribution in [0.3, 0.4) is 0 Å². The van der Waals surface area contributed by atoms with Crippen molar-refractivity contribution in [1.29, 1.82) is 0 Å². The van der Waals surface area contributed by atoms with Crippen molar-refractivity contribution in [3.05, 3.63) is 120 Å². The van der Waals surface area contributed by atoms with Crippen LogP contribution in [0.4, 0.5) is 5.69 Å². The summed E-state index contributed by atoms with van der Waals surface area (Å²) in [6, 6.07) is 27.6. The van der Waals surface area contributed by atoms with Crippen molar-refractivity contribution in [2.24, 2.45) is 0 Å². The molecule has 0 saturated carbocycles. The first-order valence-electron chi connectivity index (χ1n) is 12.9. The first-order chi connectivity index (χ1) is 19.1. The fourth-order valence-electron chi connectivity index (χ4n) is 5.18. The van der Waals surface area contributed by atoms with E-state index in [1.807, 2.05) is 92.1 Å². The number of anilines is 1. The lowest BCUT2D eigenvalue weighted by Crippen LogP contribution is -2.33. The first-order valence-corrected chi connectivity index (χ1v) is 13.4. The summed E-state index contributed by atoms with van der Waals surface area (Å²) in [5.41, 5.74) is 3.81. The van der Waals surface area contributed by atoms with Crippen molar-refractivity contribution in [2.75, 3.05) is 11.9 Å². The second-order valence-corrected chi connectivity index (χ2v) is 10.0. The first kappa shape index (κ1) is 24.8. The molecule has 2 aromatic carbocycles. The van der Waals surface area contributed by atoms with Gasteiger partial charge in [-0.05, 0) is 66.5 Å². The summed E-state index contributed by atoms with van der Waals surface area (Å²) in [6.45, 7) is 2.47. The van der Waals surface area contributed by atoms with Crippen molar-refractivity contribution < 1.29 is 4.79 Å². The van der Waals surface area contributed by atoms with Crippen molar-refractivity contribution >= 4 is 39.7 Å². The molecule has 0 spiro atoms. The lowest BCUT2D eigenvalue weighted by atomic mass is 10.0. The molecule has 1 fully saturated rings. The number of benzene rings is 2. The maximum Gasteiger partial charge on any atom is 0.226 e. The van der Waals surface area contributed by atoms with Gasteiger partial charge in [0.25, 0.3) is 0 Å². The van der Waals surface area contributed by atoms with Gasteiger partial charge in [0.2, 0.25) is 5.91 Å². The van der Waals surface area contributed by atoms with Crippen molar-refractivity contribution in [3.63, 3.8) is 0 Å². The fraction of sp³-hybridized carbons (Fsp3) is 0.161. The van der Waals surface area contributed by atoms with Crippen LogP contribution in [0, 0.1) is 6.92 Å². The molecule has 2 N–H and O–H groups in total. The summed E-state index contributed by atoms with van der Waals surface area (Å²) in [5.74, 6) is 0.761. The summed E-state index contributed by atoms with van der Waals surface area (Å²) >= 11 is 5.82. The van der Waals surface area contributed by atoms with Gasteiger partial charge in [0.15, 0.2) is 5.11 Å². The molecule has 1 aliphatic heterocycles. The minimum atomic E-state index is -0.184. The van der Waals surface area contributed by atoms with Crippen LogP contribution >= 0.6 is 12.2 Å². The van der Waals surface area contributed by atoms with E-state index in [-0.39, 0.29) is 24.4 Å². The number of amides is 1. The Morgan fingerprint density at radius 2 is 1.82 bits per heavy atom. The fourth-order valence-corrected chi connectivity index (χ4v) is 5.52. The zero-order valence-electron chi connectivity index (χ0n) is 21.5. The van der Waals surface area contributed by atoms with Crippen LogP contribution in [-0.2, 0) is 4.79 Å². The lowest BCUT2D eigenvalue weighted by Gasteiger charge is -2.28. The van der Waals surface area contributed by atoms with E-state index in [0.717, 1.165) is 39.2 Å². The third kappa shape index (κ3) is 4.98. The molecular weight excluding hydrogens is 504 g/mol. The number of rotatable bonds is 7. The molecule has 8 heteroatoms. The van der Waals surface area contributed by atoms with E-state index in [1.54, 1.807) is 6.20 Å². The highest BCUT2D eigenvalue weighted by molar-refractivity contribution is 7.80. The number of hydrogen-bond acceptors (Lipinski definition) is 4. The summed E-state index contributed by atoms with van der Waals surface area (Å²) in [5, 5.41) is 9.27. The Kier molecular flexibility index (Phi) is 6.77. The van der Waals surface area contributed by atoms with Gasteiger partial charge in [-0.2, -0.15) is 0 Å². The standard InChI is InChI=1S/C31H28N6OS/c1-21-14-15-27(33-20-21)36-18-7-13-26(36)30-29(25-11-4-5-17-32-25)35-31(39)37(30)19-16-28(38)34-24-12-6-9-22-8-2-3-10-23(22)24/h2-15,17-18,20,29-30H,16,19H2,1H3,(H,34,38)(H,35,39)/t29-,30+/m1/s1. The zero-order valence-corrected chi connectivity index (χ0v) is 22.3. The molecule has 6 rings (SSSR count). The Bertz CT molecular complexity index is 1630. The molecule has 4 heterocycles. The minimum absolute atomic E-state index is 0.0650. The molecular formula is C31H28N6OS. The summed E-state index contributed by atoms with van der Waals surface area (Å²) in [4.78, 5) is 24.5. The number of aryl methyl sites for hydroxylation is 1.